The van der Waals surface area contributed by atoms with Gasteiger partial charge in [0.25, 0.3) is 0 Å². The molecule has 1 unspecified atom stereocenters. The Morgan fingerprint density at radius 1 is 1.00 bits per heavy atom. The van der Waals surface area contributed by atoms with Gasteiger partial charge in [0.15, 0.2) is 12.1 Å². The van der Waals surface area contributed by atoms with Crippen molar-refractivity contribution in [3.63, 3.8) is 0 Å². The number of ketones is 1. The number of benzene rings is 2. The first-order valence-electron chi connectivity index (χ1n) is 12.0. The molecule has 3 aromatic rings. The van der Waals surface area contributed by atoms with Crippen LogP contribution in [-0.2, 0) is 9.53 Å². The number of hydrogen-bond acceptors (Lipinski definition) is 5. The molecule has 0 saturated carbocycles. The van der Waals surface area contributed by atoms with Crippen molar-refractivity contribution in [3.8, 4) is 0 Å². The predicted molar refractivity (Wildman–Crippen MR) is 135 cm³/mol. The van der Waals surface area contributed by atoms with Crippen molar-refractivity contribution in [3.05, 3.63) is 88.1 Å². The minimum Gasteiger partial charge on any atom is -0.454 e. The molecule has 5 nitrogen and oxygen atoms in total. The molecule has 176 valence electrons. The maximum Gasteiger partial charge on any atom is 0.333 e. The summed E-state index contributed by atoms with van der Waals surface area (Å²) in [4.78, 5) is 28.5. The molecule has 3 aliphatic heterocycles. The molecule has 0 radical (unpaired) electrons. The molecule has 3 fully saturated rings. The Hall–Kier alpha value is -2.96. The molecule has 0 amide bonds. The number of anilines is 1. The third-order valence-corrected chi connectivity index (χ3v) is 8.30. The molecule has 0 aliphatic carbocycles. The number of para-hydroxylation sites is 1. The van der Waals surface area contributed by atoms with Crippen molar-refractivity contribution in [1.29, 1.82) is 0 Å². The van der Waals surface area contributed by atoms with Crippen LogP contribution in [0.4, 0.5) is 5.69 Å². The van der Waals surface area contributed by atoms with Crippen LogP contribution in [0.1, 0.15) is 39.0 Å². The Bertz CT molecular complexity index is 1140. The molecule has 6 heteroatoms. The summed E-state index contributed by atoms with van der Waals surface area (Å²) in [6.07, 6.45) is 1.84. The second-order valence-corrected chi connectivity index (χ2v) is 10.9. The van der Waals surface area contributed by atoms with Gasteiger partial charge in [-0.25, -0.2) is 4.79 Å². The third kappa shape index (κ3) is 4.93. The summed E-state index contributed by atoms with van der Waals surface area (Å²) >= 11 is 1.57. The zero-order chi connectivity index (χ0) is 23.5. The number of ether oxygens (including phenoxy) is 1. The van der Waals surface area contributed by atoms with Crippen molar-refractivity contribution < 1.29 is 18.8 Å². The molecule has 2 bridgehead atoms. The summed E-state index contributed by atoms with van der Waals surface area (Å²) in [5.74, 6) is 0.319. The zero-order valence-electron chi connectivity index (χ0n) is 19.5. The van der Waals surface area contributed by atoms with E-state index in [9.17, 15) is 9.59 Å². The van der Waals surface area contributed by atoms with Gasteiger partial charge in [-0.3, -0.25) is 4.79 Å². The van der Waals surface area contributed by atoms with Crippen molar-refractivity contribution in [1.82, 2.24) is 0 Å². The number of nitrogens with zero attached hydrogens (tertiary/aromatic N) is 1. The van der Waals surface area contributed by atoms with Gasteiger partial charge in [0.05, 0.1) is 18.0 Å². The van der Waals surface area contributed by atoms with Crippen molar-refractivity contribution >= 4 is 28.8 Å². The highest BCUT2D eigenvalue weighted by molar-refractivity contribution is 7.14. The number of carbonyl (C=O) groups is 2. The number of thiophene rings is 1. The molecule has 3 saturated heterocycles. The van der Waals surface area contributed by atoms with Gasteiger partial charge < -0.3 is 14.5 Å². The number of carbonyl (C=O) groups excluding carboxylic acids is 2. The van der Waals surface area contributed by atoms with Gasteiger partial charge in [0.1, 0.15) is 13.1 Å². The fourth-order valence-corrected chi connectivity index (χ4v) is 6.18. The highest BCUT2D eigenvalue weighted by Crippen LogP contribution is 2.37. The third-order valence-electron chi connectivity index (χ3n) is 7.26. The van der Waals surface area contributed by atoms with E-state index < -0.39 is 6.04 Å². The van der Waals surface area contributed by atoms with Crippen LogP contribution in [0.15, 0.2) is 72.8 Å². The quantitative estimate of drug-likeness (QED) is 0.275. The highest BCUT2D eigenvalue weighted by Gasteiger charge is 2.49. The number of rotatable bonds is 8. The lowest BCUT2D eigenvalue weighted by atomic mass is 9.83. The topological polar surface area (TPSA) is 55.4 Å². The molecule has 34 heavy (non-hydrogen) atoms. The van der Waals surface area contributed by atoms with Crippen molar-refractivity contribution in [2.75, 3.05) is 31.5 Å². The summed E-state index contributed by atoms with van der Waals surface area (Å²) in [7, 11) is 0. The van der Waals surface area contributed by atoms with Crippen molar-refractivity contribution in [2.24, 2.45) is 5.92 Å². The van der Waals surface area contributed by atoms with Gasteiger partial charge >= 0.3 is 5.97 Å². The van der Waals surface area contributed by atoms with E-state index in [1.54, 1.807) is 11.3 Å². The lowest BCUT2D eigenvalue weighted by Crippen LogP contribution is -2.65. The Labute approximate surface area is 205 Å². The Kier molecular flexibility index (Phi) is 6.53. The van der Waals surface area contributed by atoms with Crippen LogP contribution >= 0.6 is 11.3 Å². The fourth-order valence-electron chi connectivity index (χ4n) is 5.39. The summed E-state index contributed by atoms with van der Waals surface area (Å²) in [6, 6.07) is 22.9. The van der Waals surface area contributed by atoms with Gasteiger partial charge in [0, 0.05) is 29.3 Å². The molecule has 4 heterocycles. The molecule has 2 aromatic carbocycles. The lowest BCUT2D eigenvalue weighted by Gasteiger charge is -2.51. The second kappa shape index (κ2) is 9.72. The Morgan fingerprint density at radius 2 is 1.68 bits per heavy atom. The number of Topliss-reactive ketones (excluding diaryl/α,β-unsaturated/α-hetero) is 1. The van der Waals surface area contributed by atoms with Crippen molar-refractivity contribution in [2.45, 2.75) is 31.9 Å². The predicted octanol–water partition coefficient (Wildman–Crippen LogP) is 5.24. The molecular formula is C28H31N2O3S+. The molecule has 0 spiro atoms. The monoisotopic (exact) mass is 475 g/mol. The van der Waals surface area contributed by atoms with Crippen LogP contribution in [-0.4, -0.2) is 48.5 Å². The van der Waals surface area contributed by atoms with Gasteiger partial charge in [-0.2, -0.15) is 0 Å². The standard InChI is InChI=1S/C28H31N2O3S/c1-20-12-13-26(34-20)24(31)18-30-16-14-21(15-17-30)25(19-30)33-28(32)27(22-8-4-2-5-9-22)29-23-10-6-3-7-11-23/h2-13,21,25,27,29H,14-19H2,1H3/q+1/t21?,25-,27?,30?/m0/s1. The number of quaternary nitrogens is 1. The molecule has 1 N–H and O–H groups in total. The van der Waals surface area contributed by atoms with Crippen LogP contribution in [0, 0.1) is 12.8 Å². The maximum atomic E-state index is 13.5. The summed E-state index contributed by atoms with van der Waals surface area (Å²) in [5, 5.41) is 3.36. The van der Waals surface area contributed by atoms with Gasteiger partial charge in [-0.1, -0.05) is 48.5 Å². The number of piperidine rings is 3. The van der Waals surface area contributed by atoms with E-state index in [-0.39, 0.29) is 17.9 Å². The number of hydrogen-bond donors (Lipinski definition) is 1. The minimum absolute atomic E-state index is 0.156. The van der Waals surface area contributed by atoms with E-state index in [0.717, 1.165) is 58.0 Å². The van der Waals surface area contributed by atoms with Crippen LogP contribution in [0.3, 0.4) is 0 Å². The molecular weight excluding hydrogens is 444 g/mol. The van der Waals surface area contributed by atoms with Gasteiger partial charge in [0.2, 0.25) is 5.78 Å². The number of esters is 1. The molecule has 1 aromatic heterocycles. The molecule has 3 aliphatic rings. The first-order chi connectivity index (χ1) is 16.5. The van der Waals surface area contributed by atoms with E-state index >= 15 is 0 Å². The van der Waals surface area contributed by atoms with E-state index in [4.69, 9.17) is 4.74 Å². The summed E-state index contributed by atoms with van der Waals surface area (Å²) in [5.41, 5.74) is 1.76. The van der Waals surface area contributed by atoms with Gasteiger partial charge in [-0.15, -0.1) is 11.3 Å². The van der Waals surface area contributed by atoms with Crippen LogP contribution < -0.4 is 5.32 Å². The number of nitrogens with one attached hydrogen (secondary N) is 1. The largest absolute Gasteiger partial charge is 0.454 e. The first kappa shape index (κ1) is 22.8. The van der Waals surface area contributed by atoms with Crippen LogP contribution in [0.25, 0.3) is 0 Å². The van der Waals surface area contributed by atoms with E-state index in [0.29, 0.717) is 12.5 Å². The zero-order valence-corrected chi connectivity index (χ0v) is 20.3. The van der Waals surface area contributed by atoms with E-state index in [2.05, 4.69) is 5.32 Å². The normalized spacial score (nSPS) is 24.4. The van der Waals surface area contributed by atoms with E-state index in [1.807, 2.05) is 79.7 Å². The first-order valence-corrected chi connectivity index (χ1v) is 12.8. The van der Waals surface area contributed by atoms with Crippen LogP contribution in [0.5, 0.6) is 0 Å². The number of fused-ring (bicyclic) bond motifs is 3. The summed E-state index contributed by atoms with van der Waals surface area (Å²) < 4.78 is 6.93. The Morgan fingerprint density at radius 3 is 2.32 bits per heavy atom. The fraction of sp³-hybridized carbons (Fsp3) is 0.357. The van der Waals surface area contributed by atoms with Gasteiger partial charge in [-0.05, 0) is 36.8 Å². The molecule has 2 atom stereocenters. The average Bonchev–Trinajstić information content (AvgIpc) is 3.31. The average molecular weight is 476 g/mol. The Balaban J connectivity index is 1.31. The minimum atomic E-state index is -0.580. The smallest absolute Gasteiger partial charge is 0.333 e. The summed E-state index contributed by atoms with van der Waals surface area (Å²) in [6.45, 7) is 5.21. The maximum absolute atomic E-state index is 13.5. The number of aryl methyl sites for hydroxylation is 1. The molecule has 6 rings (SSSR count). The SMILES string of the molecule is Cc1ccc(C(=O)C[N+]23CCC(CC2)[C@@H](OC(=O)C(Nc2ccccc2)c2ccccc2)C3)s1. The van der Waals surface area contributed by atoms with E-state index in [1.165, 1.54) is 0 Å². The van der Waals surface area contributed by atoms with Crippen LogP contribution in [0.2, 0.25) is 0 Å². The lowest BCUT2D eigenvalue weighted by molar-refractivity contribution is -0.938. The highest BCUT2D eigenvalue weighted by atomic mass is 32.1. The second-order valence-electron chi connectivity index (χ2n) is 9.63.